The minimum atomic E-state index is -0.486. The van der Waals surface area contributed by atoms with Crippen LogP contribution in [0.3, 0.4) is 0 Å². The van der Waals surface area contributed by atoms with Crippen molar-refractivity contribution in [2.45, 2.75) is 19.3 Å². The summed E-state index contributed by atoms with van der Waals surface area (Å²) in [6.45, 7) is 1.86. The van der Waals surface area contributed by atoms with E-state index in [1.54, 1.807) is 11.3 Å². The average molecular weight is 339 g/mol. The fraction of sp³-hybridized carbons (Fsp3) is 0.200. The van der Waals surface area contributed by atoms with Crippen LogP contribution in [0.1, 0.15) is 22.1 Å². The molecular formula is C20H21NO2S. The SMILES string of the molecule is O[C@H](CNCc1ccc(OCc2cccs2)cc1)c1ccccc1. The Kier molecular flexibility index (Phi) is 6.01. The molecule has 2 aromatic carbocycles. The molecule has 1 heterocycles. The monoisotopic (exact) mass is 339 g/mol. The molecule has 0 radical (unpaired) electrons. The lowest BCUT2D eigenvalue weighted by Gasteiger charge is -2.12. The van der Waals surface area contributed by atoms with Crippen molar-refractivity contribution in [1.29, 1.82) is 0 Å². The molecule has 4 heteroatoms. The predicted octanol–water partition coefficient (Wildman–Crippen LogP) is 4.15. The summed E-state index contributed by atoms with van der Waals surface area (Å²) in [5.74, 6) is 0.872. The molecule has 0 aliphatic heterocycles. The van der Waals surface area contributed by atoms with Crippen molar-refractivity contribution >= 4 is 11.3 Å². The first-order valence-electron chi connectivity index (χ1n) is 7.99. The average Bonchev–Trinajstić information content (AvgIpc) is 3.15. The summed E-state index contributed by atoms with van der Waals surface area (Å²) >= 11 is 1.70. The van der Waals surface area contributed by atoms with E-state index in [1.165, 1.54) is 10.4 Å². The Labute approximate surface area is 146 Å². The van der Waals surface area contributed by atoms with Crippen LogP contribution in [0.5, 0.6) is 5.75 Å². The van der Waals surface area contributed by atoms with Gasteiger partial charge in [0.1, 0.15) is 12.4 Å². The zero-order chi connectivity index (χ0) is 16.6. The fourth-order valence-corrected chi connectivity index (χ4v) is 3.01. The third-order valence-electron chi connectivity index (χ3n) is 3.74. The number of aliphatic hydroxyl groups excluding tert-OH is 1. The molecule has 0 amide bonds. The molecule has 3 aromatic rings. The normalized spacial score (nSPS) is 12.0. The molecule has 0 spiro atoms. The summed E-state index contributed by atoms with van der Waals surface area (Å²) in [6, 6.07) is 21.9. The molecule has 0 saturated carbocycles. The molecule has 0 saturated heterocycles. The quantitative estimate of drug-likeness (QED) is 0.648. The lowest BCUT2D eigenvalue weighted by atomic mass is 10.1. The molecule has 2 N–H and O–H groups in total. The van der Waals surface area contributed by atoms with Gasteiger partial charge in [0.05, 0.1) is 6.10 Å². The molecule has 0 fully saturated rings. The van der Waals surface area contributed by atoms with E-state index in [9.17, 15) is 5.11 Å². The highest BCUT2D eigenvalue weighted by atomic mass is 32.1. The first-order valence-corrected chi connectivity index (χ1v) is 8.87. The minimum absolute atomic E-state index is 0.486. The predicted molar refractivity (Wildman–Crippen MR) is 98.2 cm³/mol. The van der Waals surface area contributed by atoms with E-state index >= 15 is 0 Å². The molecule has 0 unspecified atom stereocenters. The van der Waals surface area contributed by atoms with Gasteiger partial charge in [-0.25, -0.2) is 0 Å². The van der Waals surface area contributed by atoms with E-state index in [0.29, 0.717) is 13.2 Å². The van der Waals surface area contributed by atoms with Gasteiger partial charge in [-0.1, -0.05) is 48.5 Å². The van der Waals surface area contributed by atoms with Crippen LogP contribution in [0.15, 0.2) is 72.1 Å². The van der Waals surface area contributed by atoms with E-state index in [4.69, 9.17) is 4.74 Å². The van der Waals surface area contributed by atoms with Gasteiger partial charge in [-0.05, 0) is 34.7 Å². The lowest BCUT2D eigenvalue weighted by Crippen LogP contribution is -2.20. The Hall–Kier alpha value is -2.14. The van der Waals surface area contributed by atoms with E-state index in [0.717, 1.165) is 17.9 Å². The van der Waals surface area contributed by atoms with Crippen LogP contribution < -0.4 is 10.1 Å². The van der Waals surface area contributed by atoms with Crippen molar-refractivity contribution in [3.63, 3.8) is 0 Å². The highest BCUT2D eigenvalue weighted by Crippen LogP contribution is 2.16. The molecule has 124 valence electrons. The number of benzene rings is 2. The Morgan fingerprint density at radius 3 is 2.46 bits per heavy atom. The second-order valence-electron chi connectivity index (χ2n) is 5.57. The number of hydrogen-bond acceptors (Lipinski definition) is 4. The van der Waals surface area contributed by atoms with Gasteiger partial charge in [-0.2, -0.15) is 0 Å². The maximum Gasteiger partial charge on any atom is 0.122 e. The summed E-state index contributed by atoms with van der Waals surface area (Å²) < 4.78 is 5.76. The maximum absolute atomic E-state index is 10.1. The van der Waals surface area contributed by atoms with Gasteiger partial charge in [0, 0.05) is 18.0 Å². The van der Waals surface area contributed by atoms with Gasteiger partial charge in [0.25, 0.3) is 0 Å². The first kappa shape index (κ1) is 16.7. The third kappa shape index (κ3) is 4.93. The third-order valence-corrected chi connectivity index (χ3v) is 4.59. The van der Waals surface area contributed by atoms with E-state index in [2.05, 4.69) is 16.8 Å². The van der Waals surface area contributed by atoms with Crippen LogP contribution in [0.4, 0.5) is 0 Å². The van der Waals surface area contributed by atoms with Crippen LogP contribution in [0, 0.1) is 0 Å². The Morgan fingerprint density at radius 1 is 0.958 bits per heavy atom. The number of nitrogens with one attached hydrogen (secondary N) is 1. The molecule has 0 aliphatic rings. The molecule has 24 heavy (non-hydrogen) atoms. The number of ether oxygens (including phenoxy) is 1. The minimum Gasteiger partial charge on any atom is -0.488 e. The summed E-state index contributed by atoms with van der Waals surface area (Å²) in [7, 11) is 0. The molecule has 3 nitrogen and oxygen atoms in total. The zero-order valence-corrected chi connectivity index (χ0v) is 14.2. The highest BCUT2D eigenvalue weighted by molar-refractivity contribution is 7.09. The number of thiophene rings is 1. The summed E-state index contributed by atoms with van der Waals surface area (Å²) in [4.78, 5) is 1.22. The fourth-order valence-electron chi connectivity index (χ4n) is 2.40. The van der Waals surface area contributed by atoms with E-state index < -0.39 is 6.10 Å². The van der Waals surface area contributed by atoms with Gasteiger partial charge in [-0.15, -0.1) is 11.3 Å². The molecule has 1 aromatic heterocycles. The van der Waals surface area contributed by atoms with Crippen molar-refractivity contribution in [3.05, 3.63) is 88.1 Å². The number of aliphatic hydroxyl groups is 1. The molecule has 0 aliphatic carbocycles. The largest absolute Gasteiger partial charge is 0.488 e. The van der Waals surface area contributed by atoms with Crippen LogP contribution in [0.2, 0.25) is 0 Å². The Bertz CT molecular complexity index is 711. The number of hydrogen-bond donors (Lipinski definition) is 2. The van der Waals surface area contributed by atoms with Crippen LogP contribution in [0.25, 0.3) is 0 Å². The van der Waals surface area contributed by atoms with Crippen LogP contribution in [-0.2, 0) is 13.2 Å². The number of rotatable bonds is 8. The smallest absolute Gasteiger partial charge is 0.122 e. The van der Waals surface area contributed by atoms with Crippen molar-refractivity contribution < 1.29 is 9.84 Å². The van der Waals surface area contributed by atoms with Gasteiger partial charge in [0.15, 0.2) is 0 Å². The second-order valence-corrected chi connectivity index (χ2v) is 6.60. The van der Waals surface area contributed by atoms with Gasteiger partial charge >= 0.3 is 0 Å². The highest BCUT2D eigenvalue weighted by Gasteiger charge is 2.06. The van der Waals surface area contributed by atoms with Crippen molar-refractivity contribution in [2.24, 2.45) is 0 Å². The Morgan fingerprint density at radius 2 is 1.75 bits per heavy atom. The second kappa shape index (κ2) is 8.64. The molecule has 1 atom stereocenters. The van der Waals surface area contributed by atoms with Gasteiger partial charge in [-0.3, -0.25) is 0 Å². The molecular weight excluding hydrogens is 318 g/mol. The van der Waals surface area contributed by atoms with E-state index in [-0.39, 0.29) is 0 Å². The lowest BCUT2D eigenvalue weighted by molar-refractivity contribution is 0.174. The van der Waals surface area contributed by atoms with E-state index in [1.807, 2.05) is 60.7 Å². The van der Waals surface area contributed by atoms with Gasteiger partial charge < -0.3 is 15.2 Å². The van der Waals surface area contributed by atoms with Crippen LogP contribution in [-0.4, -0.2) is 11.7 Å². The Balaban J connectivity index is 1.42. The first-order chi connectivity index (χ1) is 11.8. The zero-order valence-electron chi connectivity index (χ0n) is 13.4. The van der Waals surface area contributed by atoms with Crippen molar-refractivity contribution in [1.82, 2.24) is 5.32 Å². The summed E-state index contributed by atoms with van der Waals surface area (Å²) in [6.07, 6.45) is -0.486. The van der Waals surface area contributed by atoms with Crippen molar-refractivity contribution in [3.8, 4) is 5.75 Å². The molecule has 3 rings (SSSR count). The van der Waals surface area contributed by atoms with Crippen molar-refractivity contribution in [2.75, 3.05) is 6.54 Å². The van der Waals surface area contributed by atoms with Crippen LogP contribution >= 0.6 is 11.3 Å². The topological polar surface area (TPSA) is 41.5 Å². The molecule has 0 bridgehead atoms. The summed E-state index contributed by atoms with van der Waals surface area (Å²) in [5.41, 5.74) is 2.10. The standard InChI is InChI=1S/C20H21NO2S/c22-20(17-5-2-1-3-6-17)14-21-13-16-8-10-18(11-9-16)23-15-19-7-4-12-24-19/h1-12,20-22H,13-15H2/t20-/m1/s1. The maximum atomic E-state index is 10.1. The van der Waals surface area contributed by atoms with Gasteiger partial charge in [0.2, 0.25) is 0 Å². The summed E-state index contributed by atoms with van der Waals surface area (Å²) in [5, 5.41) is 15.5.